The summed E-state index contributed by atoms with van der Waals surface area (Å²) in [5.41, 5.74) is 1.82. The van der Waals surface area contributed by atoms with Crippen molar-refractivity contribution < 1.29 is 21.6 Å². The number of hydrogen-bond donors (Lipinski definition) is 0. The van der Waals surface area contributed by atoms with Crippen molar-refractivity contribution in [3.63, 3.8) is 0 Å². The fourth-order valence-corrected chi connectivity index (χ4v) is 5.84. The molecule has 0 N–H and O–H groups in total. The van der Waals surface area contributed by atoms with Gasteiger partial charge in [-0.25, -0.2) is 18.4 Å². The second kappa shape index (κ2) is 8.94. The first-order chi connectivity index (χ1) is 16.7. The normalized spacial score (nSPS) is 15.5. The molecule has 0 radical (unpaired) electrons. The number of hydrogen-bond acceptors (Lipinski definition) is 5. The zero-order valence-electron chi connectivity index (χ0n) is 18.5. The largest absolute Gasteiger partial charge is 0.417 e. The van der Waals surface area contributed by atoms with Crippen LogP contribution in [0.15, 0.2) is 83.8 Å². The van der Waals surface area contributed by atoms with Crippen molar-refractivity contribution in [2.24, 2.45) is 0 Å². The molecule has 1 aliphatic rings. The lowest BCUT2D eigenvalue weighted by molar-refractivity contribution is -0.139. The van der Waals surface area contributed by atoms with Crippen LogP contribution in [0.1, 0.15) is 5.56 Å². The molecule has 0 spiro atoms. The van der Waals surface area contributed by atoms with Gasteiger partial charge >= 0.3 is 6.18 Å². The van der Waals surface area contributed by atoms with E-state index in [-0.39, 0.29) is 26.2 Å². The van der Waals surface area contributed by atoms with Gasteiger partial charge in [-0.3, -0.25) is 0 Å². The molecule has 0 saturated carbocycles. The minimum Gasteiger partial charge on any atom is -0.352 e. The van der Waals surface area contributed by atoms with E-state index < -0.39 is 26.7 Å². The number of aromatic nitrogens is 2. The molecule has 3 aromatic carbocycles. The van der Waals surface area contributed by atoms with Gasteiger partial charge in [0.25, 0.3) is 0 Å². The number of alkyl halides is 3. The number of anilines is 1. The second-order valence-electron chi connectivity index (χ2n) is 8.14. The third kappa shape index (κ3) is 4.46. The van der Waals surface area contributed by atoms with Crippen LogP contribution in [0.25, 0.3) is 22.3 Å². The van der Waals surface area contributed by atoms with Crippen LogP contribution in [-0.2, 0) is 16.2 Å². The lowest BCUT2D eigenvalue weighted by Gasteiger charge is -2.35. The highest BCUT2D eigenvalue weighted by molar-refractivity contribution is 7.89. The Balaban J connectivity index is 1.46. The maximum absolute atomic E-state index is 13.5. The second-order valence-corrected chi connectivity index (χ2v) is 10.0. The highest BCUT2D eigenvalue weighted by Crippen LogP contribution is 2.36. The zero-order valence-corrected chi connectivity index (χ0v) is 19.3. The summed E-state index contributed by atoms with van der Waals surface area (Å²) in [6.07, 6.45) is -4.77. The summed E-state index contributed by atoms with van der Waals surface area (Å²) in [4.78, 5) is 10.8. The summed E-state index contributed by atoms with van der Waals surface area (Å²) >= 11 is 0. The predicted molar refractivity (Wildman–Crippen MR) is 127 cm³/mol. The first-order valence-corrected chi connectivity index (χ1v) is 12.4. The summed E-state index contributed by atoms with van der Waals surface area (Å²) < 4.78 is 67.8. The van der Waals surface area contributed by atoms with Crippen LogP contribution in [-0.4, -0.2) is 48.9 Å². The van der Waals surface area contributed by atoms with E-state index in [1.165, 1.54) is 12.1 Å². The lowest BCUT2D eigenvalue weighted by Crippen LogP contribution is -2.49. The maximum atomic E-state index is 13.5. The molecule has 2 heterocycles. The molecule has 0 bridgehead atoms. The monoisotopic (exact) mass is 498 g/mol. The molecule has 10 heteroatoms. The molecule has 4 aromatic rings. The highest BCUT2D eigenvalue weighted by Gasteiger charge is 2.39. The van der Waals surface area contributed by atoms with Crippen molar-refractivity contribution in [2.75, 3.05) is 31.1 Å². The van der Waals surface area contributed by atoms with E-state index in [0.29, 0.717) is 17.0 Å². The van der Waals surface area contributed by atoms with Crippen LogP contribution in [0, 0.1) is 0 Å². The van der Waals surface area contributed by atoms with Crippen LogP contribution in [0.3, 0.4) is 0 Å². The van der Waals surface area contributed by atoms with E-state index in [0.717, 1.165) is 27.5 Å². The van der Waals surface area contributed by atoms with Crippen LogP contribution < -0.4 is 4.90 Å². The number of piperazine rings is 1. The molecule has 0 aliphatic carbocycles. The van der Waals surface area contributed by atoms with E-state index in [1.807, 2.05) is 59.5 Å². The van der Waals surface area contributed by atoms with Gasteiger partial charge in [-0.05, 0) is 24.3 Å². The molecule has 1 fully saturated rings. The quantitative estimate of drug-likeness (QED) is 0.403. The van der Waals surface area contributed by atoms with Gasteiger partial charge in [0.1, 0.15) is 5.69 Å². The average Bonchev–Trinajstić information content (AvgIpc) is 2.88. The number of rotatable bonds is 4. The van der Waals surface area contributed by atoms with Crippen molar-refractivity contribution in [3.05, 3.63) is 84.4 Å². The number of nitrogens with zero attached hydrogens (tertiary/aromatic N) is 4. The predicted octanol–water partition coefficient (Wildman–Crippen LogP) is 4.83. The Bertz CT molecular complexity index is 1470. The molecular weight excluding hydrogens is 477 g/mol. The van der Waals surface area contributed by atoms with E-state index in [2.05, 4.69) is 0 Å². The van der Waals surface area contributed by atoms with Gasteiger partial charge in [0.2, 0.25) is 10.0 Å². The SMILES string of the molecule is O=S(=O)(c1ccccc1C(F)(F)F)N1CCN(c2nc3ccccc3nc2-c2ccccc2)CC1. The van der Waals surface area contributed by atoms with Crippen molar-refractivity contribution >= 4 is 26.9 Å². The number of halogens is 3. The standard InChI is InChI=1S/C25H21F3N4O2S/c26-25(27,28)19-10-4-7-13-22(19)35(33,34)32-16-14-31(15-17-32)24-23(18-8-2-1-3-9-18)29-20-11-5-6-12-21(20)30-24/h1-13H,14-17H2. The van der Waals surface area contributed by atoms with Crippen molar-refractivity contribution in [3.8, 4) is 11.3 Å². The lowest BCUT2D eigenvalue weighted by atomic mass is 10.1. The Kier molecular flexibility index (Phi) is 5.94. The van der Waals surface area contributed by atoms with Gasteiger partial charge < -0.3 is 4.90 Å². The van der Waals surface area contributed by atoms with Gasteiger partial charge in [-0.1, -0.05) is 54.6 Å². The number of para-hydroxylation sites is 2. The van der Waals surface area contributed by atoms with E-state index >= 15 is 0 Å². The van der Waals surface area contributed by atoms with Crippen LogP contribution in [0.4, 0.5) is 19.0 Å². The Morgan fingerprint density at radius 3 is 1.94 bits per heavy atom. The molecule has 6 nitrogen and oxygen atoms in total. The average molecular weight is 499 g/mol. The summed E-state index contributed by atoms with van der Waals surface area (Å²) in [5, 5.41) is 0. The summed E-state index contributed by atoms with van der Waals surface area (Å²) in [6.45, 7) is 0.578. The summed E-state index contributed by atoms with van der Waals surface area (Å²) in [6, 6.07) is 21.3. The Morgan fingerprint density at radius 2 is 1.29 bits per heavy atom. The van der Waals surface area contributed by atoms with Gasteiger partial charge in [0.05, 0.1) is 21.5 Å². The summed E-state index contributed by atoms with van der Waals surface area (Å²) in [7, 11) is -4.33. The third-order valence-corrected chi connectivity index (χ3v) is 7.90. The molecule has 180 valence electrons. The van der Waals surface area contributed by atoms with Crippen LogP contribution in [0.2, 0.25) is 0 Å². The first kappa shape index (κ1) is 23.3. The Morgan fingerprint density at radius 1 is 0.714 bits per heavy atom. The molecular formula is C25H21F3N4O2S. The Labute approximate surface area is 200 Å². The van der Waals surface area contributed by atoms with Gasteiger partial charge in [0.15, 0.2) is 5.82 Å². The molecule has 0 atom stereocenters. The Hall–Kier alpha value is -3.50. The molecule has 35 heavy (non-hydrogen) atoms. The fourth-order valence-electron chi connectivity index (χ4n) is 4.21. The highest BCUT2D eigenvalue weighted by atomic mass is 32.2. The minimum atomic E-state index is -4.77. The maximum Gasteiger partial charge on any atom is 0.417 e. The molecule has 5 rings (SSSR count). The van der Waals surface area contributed by atoms with Crippen LogP contribution >= 0.6 is 0 Å². The van der Waals surface area contributed by atoms with Crippen molar-refractivity contribution in [2.45, 2.75) is 11.1 Å². The topological polar surface area (TPSA) is 66.4 Å². The molecule has 1 aromatic heterocycles. The van der Waals surface area contributed by atoms with Crippen molar-refractivity contribution in [1.82, 2.24) is 14.3 Å². The van der Waals surface area contributed by atoms with Gasteiger partial charge in [-0.15, -0.1) is 0 Å². The fraction of sp³-hybridized carbons (Fsp3) is 0.200. The number of sulfonamides is 1. The van der Waals surface area contributed by atoms with Gasteiger partial charge in [-0.2, -0.15) is 17.5 Å². The molecule has 1 aliphatic heterocycles. The van der Waals surface area contributed by atoms with E-state index in [9.17, 15) is 21.6 Å². The van der Waals surface area contributed by atoms with E-state index in [4.69, 9.17) is 9.97 Å². The number of fused-ring (bicyclic) bond motifs is 1. The number of benzene rings is 3. The summed E-state index contributed by atoms with van der Waals surface area (Å²) in [5.74, 6) is 0.614. The van der Waals surface area contributed by atoms with Gasteiger partial charge in [0, 0.05) is 31.7 Å². The smallest absolute Gasteiger partial charge is 0.352 e. The molecule has 0 unspecified atom stereocenters. The first-order valence-electron chi connectivity index (χ1n) is 11.0. The molecule has 1 saturated heterocycles. The zero-order chi connectivity index (χ0) is 24.6. The van der Waals surface area contributed by atoms with Crippen LogP contribution in [0.5, 0.6) is 0 Å². The van der Waals surface area contributed by atoms with Crippen molar-refractivity contribution in [1.29, 1.82) is 0 Å². The third-order valence-electron chi connectivity index (χ3n) is 5.95. The molecule has 0 amide bonds. The van der Waals surface area contributed by atoms with E-state index in [1.54, 1.807) is 0 Å². The minimum absolute atomic E-state index is 0.0251.